The van der Waals surface area contributed by atoms with Crippen LogP contribution >= 0.6 is 22.6 Å². The van der Waals surface area contributed by atoms with E-state index < -0.39 is 5.82 Å². The number of aromatic hydroxyl groups is 2. The molecule has 4 aromatic carbocycles. The Morgan fingerprint density at radius 2 is 1.17 bits per heavy atom. The van der Waals surface area contributed by atoms with Crippen LogP contribution in [0.2, 0.25) is 0 Å². The summed E-state index contributed by atoms with van der Waals surface area (Å²) in [4.78, 5) is 0. The molecule has 0 saturated heterocycles. The van der Waals surface area contributed by atoms with Crippen molar-refractivity contribution in [2.75, 3.05) is 0 Å². The molecule has 0 fully saturated rings. The van der Waals surface area contributed by atoms with Gasteiger partial charge in [0, 0.05) is 25.8 Å². The molecule has 0 radical (unpaired) electrons. The number of phenolic OH excluding ortho intramolecular Hbond substituents is 2. The van der Waals surface area contributed by atoms with Crippen LogP contribution in [0.25, 0.3) is 33.0 Å². The number of phenols is 2. The van der Waals surface area contributed by atoms with Gasteiger partial charge in [0.2, 0.25) is 0 Å². The fourth-order valence-electron chi connectivity index (χ4n) is 4.51. The van der Waals surface area contributed by atoms with Crippen molar-refractivity contribution in [3.05, 3.63) is 81.4 Å². The molecule has 0 heterocycles. The summed E-state index contributed by atoms with van der Waals surface area (Å²) in [6, 6.07) is 16.3. The lowest BCUT2D eigenvalue weighted by molar-refractivity contribution is 0.475. The molecule has 2 nitrogen and oxygen atoms in total. The van der Waals surface area contributed by atoms with E-state index >= 15 is 4.39 Å². The number of aryl methyl sites for hydroxylation is 1. The van der Waals surface area contributed by atoms with Gasteiger partial charge in [-0.3, -0.25) is 0 Å². The highest BCUT2D eigenvalue weighted by Crippen LogP contribution is 2.40. The van der Waals surface area contributed by atoms with Gasteiger partial charge in [-0.2, -0.15) is 0 Å². The summed E-state index contributed by atoms with van der Waals surface area (Å²) in [7, 11) is 0. The van der Waals surface area contributed by atoms with Crippen LogP contribution in [-0.4, -0.2) is 10.2 Å². The number of halogens is 3. The molecule has 182 valence electrons. The Morgan fingerprint density at radius 1 is 0.629 bits per heavy atom. The molecule has 4 aromatic rings. The van der Waals surface area contributed by atoms with E-state index in [1.165, 1.54) is 43.9 Å². The van der Waals surface area contributed by atoms with Gasteiger partial charge >= 0.3 is 0 Å². The van der Waals surface area contributed by atoms with Crippen molar-refractivity contribution >= 4 is 33.4 Å². The summed E-state index contributed by atoms with van der Waals surface area (Å²) in [5.41, 5.74) is 2.23. The van der Waals surface area contributed by atoms with Crippen molar-refractivity contribution < 1.29 is 19.0 Å². The SMILES string of the molecule is CCCCCCCCc1ccc(-c2cc3cc(O)c(-c4ccc(I)cc4F)cc3cc2O)c(F)c1. The van der Waals surface area contributed by atoms with Gasteiger partial charge in [-0.05, 0) is 94.2 Å². The molecule has 0 bridgehead atoms. The normalized spacial score (nSPS) is 11.3. The van der Waals surface area contributed by atoms with Gasteiger partial charge in [0.25, 0.3) is 0 Å². The first-order valence-electron chi connectivity index (χ1n) is 12.1. The van der Waals surface area contributed by atoms with Gasteiger partial charge < -0.3 is 10.2 Å². The molecule has 0 aliphatic heterocycles. The highest BCUT2D eigenvalue weighted by Gasteiger charge is 2.16. The second kappa shape index (κ2) is 11.4. The lowest BCUT2D eigenvalue weighted by atomic mass is 9.95. The van der Waals surface area contributed by atoms with E-state index in [9.17, 15) is 14.6 Å². The van der Waals surface area contributed by atoms with Gasteiger partial charge in [-0.1, -0.05) is 57.2 Å². The summed E-state index contributed by atoms with van der Waals surface area (Å²) in [6.07, 6.45) is 7.96. The molecular weight excluding hydrogens is 557 g/mol. The second-order valence-corrected chi connectivity index (χ2v) is 10.3. The molecule has 0 amide bonds. The molecule has 0 spiro atoms. The number of benzene rings is 4. The largest absolute Gasteiger partial charge is 0.507 e. The van der Waals surface area contributed by atoms with Crippen molar-refractivity contribution in [1.29, 1.82) is 0 Å². The zero-order valence-corrected chi connectivity index (χ0v) is 21.9. The Bertz CT molecular complexity index is 1350. The highest BCUT2D eigenvalue weighted by molar-refractivity contribution is 14.1. The maximum absolute atomic E-state index is 15.0. The molecule has 0 aromatic heterocycles. The minimum Gasteiger partial charge on any atom is -0.507 e. The first kappa shape index (κ1) is 25.4. The summed E-state index contributed by atoms with van der Waals surface area (Å²) in [5, 5.41) is 22.6. The lowest BCUT2D eigenvalue weighted by Gasteiger charge is -2.13. The average molecular weight is 586 g/mol. The second-order valence-electron chi connectivity index (χ2n) is 9.04. The monoisotopic (exact) mass is 586 g/mol. The van der Waals surface area contributed by atoms with E-state index in [1.54, 1.807) is 36.4 Å². The third kappa shape index (κ3) is 5.95. The number of fused-ring (bicyclic) bond motifs is 1. The number of hydrogen-bond acceptors (Lipinski definition) is 2. The molecule has 35 heavy (non-hydrogen) atoms. The van der Waals surface area contributed by atoms with Crippen molar-refractivity contribution in [1.82, 2.24) is 0 Å². The Kier molecular flexibility index (Phi) is 8.26. The van der Waals surface area contributed by atoms with Crippen LogP contribution in [0, 0.1) is 15.2 Å². The van der Waals surface area contributed by atoms with Gasteiger partial charge in [-0.15, -0.1) is 0 Å². The van der Waals surface area contributed by atoms with Crippen LogP contribution < -0.4 is 0 Å². The Labute approximate surface area is 218 Å². The first-order chi connectivity index (χ1) is 16.9. The molecule has 0 aliphatic carbocycles. The van der Waals surface area contributed by atoms with E-state index in [2.05, 4.69) is 6.92 Å². The van der Waals surface area contributed by atoms with E-state index in [0.29, 0.717) is 27.5 Å². The Hall–Kier alpha value is -2.67. The van der Waals surface area contributed by atoms with E-state index in [-0.39, 0.29) is 22.9 Å². The van der Waals surface area contributed by atoms with Crippen LogP contribution in [0.5, 0.6) is 11.5 Å². The third-order valence-corrected chi connectivity index (χ3v) is 7.10. The van der Waals surface area contributed by atoms with Crippen LogP contribution in [0.3, 0.4) is 0 Å². The van der Waals surface area contributed by atoms with E-state index in [1.807, 2.05) is 28.7 Å². The fraction of sp³-hybridized carbons (Fsp3) is 0.267. The molecule has 0 unspecified atom stereocenters. The van der Waals surface area contributed by atoms with Crippen molar-refractivity contribution in [3.8, 4) is 33.8 Å². The van der Waals surface area contributed by atoms with Crippen LogP contribution in [0.15, 0.2) is 60.7 Å². The predicted octanol–water partition coefficient (Wildman–Crippen LogP) is 9.37. The molecule has 4 rings (SSSR count). The molecule has 0 saturated carbocycles. The molecule has 5 heteroatoms. The third-order valence-electron chi connectivity index (χ3n) is 6.43. The zero-order valence-electron chi connectivity index (χ0n) is 19.8. The Balaban J connectivity index is 1.60. The molecule has 0 aliphatic rings. The molecule has 0 atom stereocenters. The maximum Gasteiger partial charge on any atom is 0.132 e. The standard InChI is InChI=1S/C30H29F2IO2/c1-2-3-4-5-6-7-8-19-9-11-23(27(31)13-19)25-14-20-17-30(35)26(15-21(20)16-29(25)34)24-12-10-22(33)18-28(24)32/h9-18,34-35H,2-8H2,1H3. The summed E-state index contributed by atoms with van der Waals surface area (Å²) in [6.45, 7) is 2.20. The first-order valence-corrected chi connectivity index (χ1v) is 13.2. The number of unbranched alkanes of at least 4 members (excludes halogenated alkanes) is 5. The van der Waals surface area contributed by atoms with Crippen molar-refractivity contribution in [3.63, 3.8) is 0 Å². The average Bonchev–Trinajstić information content (AvgIpc) is 2.81. The smallest absolute Gasteiger partial charge is 0.132 e. The maximum atomic E-state index is 15.0. The fourth-order valence-corrected chi connectivity index (χ4v) is 4.96. The highest BCUT2D eigenvalue weighted by atomic mass is 127. The van der Waals surface area contributed by atoms with Gasteiger partial charge in [0.1, 0.15) is 23.1 Å². The van der Waals surface area contributed by atoms with Gasteiger partial charge in [-0.25, -0.2) is 8.78 Å². The number of rotatable bonds is 9. The van der Waals surface area contributed by atoms with Crippen molar-refractivity contribution in [2.45, 2.75) is 51.9 Å². The molecule has 2 N–H and O–H groups in total. The quantitative estimate of drug-likeness (QED) is 0.152. The minimum absolute atomic E-state index is 0.0696. The predicted molar refractivity (Wildman–Crippen MR) is 148 cm³/mol. The lowest BCUT2D eigenvalue weighted by Crippen LogP contribution is -1.92. The van der Waals surface area contributed by atoms with Crippen LogP contribution in [0.4, 0.5) is 8.78 Å². The zero-order chi connectivity index (χ0) is 24.9. The van der Waals surface area contributed by atoms with Crippen LogP contribution in [0.1, 0.15) is 51.0 Å². The summed E-state index contributed by atoms with van der Waals surface area (Å²) < 4.78 is 30.3. The Morgan fingerprint density at radius 3 is 1.74 bits per heavy atom. The van der Waals surface area contributed by atoms with Gasteiger partial charge in [0.05, 0.1) is 0 Å². The number of hydrogen-bond donors (Lipinski definition) is 2. The van der Waals surface area contributed by atoms with Crippen molar-refractivity contribution in [2.24, 2.45) is 0 Å². The summed E-state index contributed by atoms with van der Waals surface area (Å²) in [5.74, 6) is -0.968. The van der Waals surface area contributed by atoms with E-state index in [4.69, 9.17) is 0 Å². The van der Waals surface area contributed by atoms with Gasteiger partial charge in [0.15, 0.2) is 0 Å². The summed E-state index contributed by atoms with van der Waals surface area (Å²) >= 11 is 2.03. The minimum atomic E-state index is -0.435. The molecular formula is C30H29F2IO2. The van der Waals surface area contributed by atoms with Crippen LogP contribution in [-0.2, 0) is 6.42 Å². The van der Waals surface area contributed by atoms with E-state index in [0.717, 1.165) is 28.4 Å². The topological polar surface area (TPSA) is 40.5 Å².